The van der Waals surface area contributed by atoms with Crippen molar-refractivity contribution in [1.82, 2.24) is 9.97 Å². The number of hydrogen-bond donors (Lipinski definition) is 1. The minimum Gasteiger partial charge on any atom is -0.496 e. The quantitative estimate of drug-likeness (QED) is 0.579. The van der Waals surface area contributed by atoms with Crippen molar-refractivity contribution in [3.8, 4) is 16.9 Å². The van der Waals surface area contributed by atoms with Gasteiger partial charge < -0.3 is 9.72 Å². The number of nitrogens with zero attached hydrogens (tertiary/aromatic N) is 1. The fourth-order valence-corrected chi connectivity index (χ4v) is 4.29. The van der Waals surface area contributed by atoms with E-state index in [1.807, 2.05) is 61.5 Å². The molecule has 0 aliphatic heterocycles. The first-order chi connectivity index (χ1) is 12.7. The number of benzene rings is 2. The van der Waals surface area contributed by atoms with Gasteiger partial charge in [0.25, 0.3) is 5.56 Å². The summed E-state index contributed by atoms with van der Waals surface area (Å²) in [6.45, 7) is 2.04. The lowest BCUT2D eigenvalue weighted by Gasteiger charge is -2.07. The Morgan fingerprint density at radius 3 is 2.58 bits per heavy atom. The zero-order valence-electron chi connectivity index (χ0n) is 14.6. The first-order valence-electron chi connectivity index (χ1n) is 8.37. The summed E-state index contributed by atoms with van der Waals surface area (Å²) in [7, 11) is 1.65. The third-order valence-electron chi connectivity index (χ3n) is 4.40. The Morgan fingerprint density at radius 2 is 1.81 bits per heavy atom. The number of fused-ring (bicyclic) bond motifs is 1. The number of aromatic nitrogens is 2. The molecule has 0 atom stereocenters. The van der Waals surface area contributed by atoms with E-state index in [0.717, 1.165) is 32.1 Å². The van der Waals surface area contributed by atoms with Crippen LogP contribution in [-0.4, -0.2) is 17.1 Å². The standard InChI is InChI=1S/C21H18N2O2S/c1-13-18(14-8-4-3-5-9-14)19-20(24)22-17(23-21(19)26-13)12-15-10-6-7-11-16(15)25-2/h3-11H,12H2,1-2H3,(H,22,23,24). The monoisotopic (exact) mass is 362 g/mol. The van der Waals surface area contributed by atoms with Gasteiger partial charge in [-0.15, -0.1) is 11.3 Å². The molecule has 26 heavy (non-hydrogen) atoms. The summed E-state index contributed by atoms with van der Waals surface area (Å²) in [6.07, 6.45) is 0.521. The fraction of sp³-hybridized carbons (Fsp3) is 0.143. The van der Waals surface area contributed by atoms with Gasteiger partial charge in [-0.25, -0.2) is 4.98 Å². The molecule has 0 aliphatic carbocycles. The van der Waals surface area contributed by atoms with Crippen LogP contribution in [0.2, 0.25) is 0 Å². The van der Waals surface area contributed by atoms with Crippen LogP contribution in [0.1, 0.15) is 16.3 Å². The molecule has 0 saturated carbocycles. The van der Waals surface area contributed by atoms with Crippen molar-refractivity contribution in [2.24, 2.45) is 0 Å². The Bertz CT molecular complexity index is 1130. The second-order valence-corrected chi connectivity index (χ2v) is 7.28. The number of thiophene rings is 1. The summed E-state index contributed by atoms with van der Waals surface area (Å²) in [4.78, 5) is 22.4. The van der Waals surface area contributed by atoms with Gasteiger partial charge in [-0.3, -0.25) is 4.79 Å². The Kier molecular flexibility index (Phi) is 4.31. The van der Waals surface area contributed by atoms with Crippen LogP contribution >= 0.6 is 11.3 Å². The lowest BCUT2D eigenvalue weighted by molar-refractivity contribution is 0.410. The number of hydrogen-bond acceptors (Lipinski definition) is 4. The van der Waals surface area contributed by atoms with E-state index in [2.05, 4.69) is 4.98 Å². The van der Waals surface area contributed by atoms with E-state index in [0.29, 0.717) is 17.6 Å². The molecule has 130 valence electrons. The molecule has 4 nitrogen and oxygen atoms in total. The summed E-state index contributed by atoms with van der Waals surface area (Å²) in [5, 5.41) is 0.669. The molecule has 0 fully saturated rings. The van der Waals surface area contributed by atoms with Gasteiger partial charge in [0.05, 0.1) is 12.5 Å². The van der Waals surface area contributed by atoms with Crippen molar-refractivity contribution < 1.29 is 4.74 Å². The second-order valence-electron chi connectivity index (χ2n) is 6.08. The van der Waals surface area contributed by atoms with Gasteiger partial charge in [0.2, 0.25) is 0 Å². The third-order valence-corrected chi connectivity index (χ3v) is 5.40. The van der Waals surface area contributed by atoms with E-state index >= 15 is 0 Å². The molecule has 2 aromatic heterocycles. The van der Waals surface area contributed by atoms with E-state index in [1.165, 1.54) is 0 Å². The van der Waals surface area contributed by atoms with Crippen molar-refractivity contribution in [2.75, 3.05) is 7.11 Å². The molecule has 1 N–H and O–H groups in total. The normalized spacial score (nSPS) is 11.0. The van der Waals surface area contributed by atoms with Crippen LogP contribution in [0.3, 0.4) is 0 Å². The highest BCUT2D eigenvalue weighted by molar-refractivity contribution is 7.19. The average molecular weight is 362 g/mol. The Hall–Kier alpha value is -2.92. The third kappa shape index (κ3) is 2.91. The highest BCUT2D eigenvalue weighted by Gasteiger charge is 2.17. The second kappa shape index (κ2) is 6.77. The maximum Gasteiger partial charge on any atom is 0.260 e. The SMILES string of the molecule is COc1ccccc1Cc1nc2sc(C)c(-c3ccccc3)c2c(=O)[nH]1. The number of rotatable bonds is 4. The molecular weight excluding hydrogens is 344 g/mol. The Balaban J connectivity index is 1.83. The van der Waals surface area contributed by atoms with Gasteiger partial charge in [0.1, 0.15) is 16.4 Å². The Morgan fingerprint density at radius 1 is 1.08 bits per heavy atom. The summed E-state index contributed by atoms with van der Waals surface area (Å²) < 4.78 is 5.40. The highest BCUT2D eigenvalue weighted by Crippen LogP contribution is 2.35. The summed E-state index contributed by atoms with van der Waals surface area (Å²) in [5.41, 5.74) is 2.92. The molecule has 2 aromatic carbocycles. The number of H-pyrrole nitrogens is 1. The van der Waals surface area contributed by atoms with Gasteiger partial charge in [0.15, 0.2) is 0 Å². The van der Waals surface area contributed by atoms with Crippen LogP contribution in [-0.2, 0) is 6.42 Å². The van der Waals surface area contributed by atoms with E-state index < -0.39 is 0 Å². The number of methoxy groups -OCH3 is 1. The van der Waals surface area contributed by atoms with E-state index in [1.54, 1.807) is 18.4 Å². The number of para-hydroxylation sites is 1. The molecule has 0 amide bonds. The van der Waals surface area contributed by atoms with Crippen LogP contribution in [0.15, 0.2) is 59.4 Å². The molecule has 0 aliphatic rings. The topological polar surface area (TPSA) is 55.0 Å². The largest absolute Gasteiger partial charge is 0.496 e. The van der Waals surface area contributed by atoms with Gasteiger partial charge in [-0.05, 0) is 18.6 Å². The zero-order valence-corrected chi connectivity index (χ0v) is 15.4. The molecule has 4 aromatic rings. The summed E-state index contributed by atoms with van der Waals surface area (Å²) >= 11 is 1.56. The van der Waals surface area contributed by atoms with Gasteiger partial charge >= 0.3 is 0 Å². The van der Waals surface area contributed by atoms with Crippen LogP contribution in [0, 0.1) is 6.92 Å². The van der Waals surface area contributed by atoms with E-state index in [-0.39, 0.29) is 5.56 Å². The highest BCUT2D eigenvalue weighted by atomic mass is 32.1. The average Bonchev–Trinajstić information content (AvgIpc) is 2.99. The van der Waals surface area contributed by atoms with E-state index in [4.69, 9.17) is 9.72 Å². The number of aryl methyl sites for hydroxylation is 1. The minimum atomic E-state index is -0.0944. The summed E-state index contributed by atoms with van der Waals surface area (Å²) in [6, 6.07) is 17.8. The molecule has 0 saturated heterocycles. The van der Waals surface area contributed by atoms with Gasteiger partial charge in [0, 0.05) is 22.4 Å². The molecule has 0 radical (unpaired) electrons. The molecule has 4 rings (SSSR count). The van der Waals surface area contributed by atoms with Crippen molar-refractivity contribution in [2.45, 2.75) is 13.3 Å². The predicted octanol–water partition coefficient (Wildman–Crippen LogP) is 4.56. The summed E-state index contributed by atoms with van der Waals surface area (Å²) in [5.74, 6) is 1.44. The minimum absolute atomic E-state index is 0.0944. The first kappa shape index (κ1) is 16.5. The Labute approximate surface area is 155 Å². The van der Waals surface area contributed by atoms with Crippen molar-refractivity contribution in [3.63, 3.8) is 0 Å². The lowest BCUT2D eigenvalue weighted by Crippen LogP contribution is -2.12. The van der Waals surface area contributed by atoms with Gasteiger partial charge in [-0.2, -0.15) is 0 Å². The van der Waals surface area contributed by atoms with Crippen molar-refractivity contribution >= 4 is 21.6 Å². The molecule has 0 spiro atoms. The predicted molar refractivity (Wildman–Crippen MR) is 106 cm³/mol. The molecule has 2 heterocycles. The van der Waals surface area contributed by atoms with Crippen molar-refractivity contribution in [3.05, 3.63) is 81.2 Å². The van der Waals surface area contributed by atoms with Crippen LogP contribution in [0.5, 0.6) is 5.75 Å². The smallest absolute Gasteiger partial charge is 0.260 e. The van der Waals surface area contributed by atoms with E-state index in [9.17, 15) is 4.79 Å². The van der Waals surface area contributed by atoms with Crippen molar-refractivity contribution in [1.29, 1.82) is 0 Å². The first-order valence-corrected chi connectivity index (χ1v) is 9.18. The number of nitrogens with one attached hydrogen (secondary N) is 1. The molecular formula is C21H18N2O2S. The number of ether oxygens (including phenoxy) is 1. The maximum atomic E-state index is 12.8. The van der Waals surface area contributed by atoms with Crippen LogP contribution < -0.4 is 10.3 Å². The fourth-order valence-electron chi connectivity index (χ4n) is 3.23. The van der Waals surface area contributed by atoms with Gasteiger partial charge in [-0.1, -0.05) is 48.5 Å². The lowest BCUT2D eigenvalue weighted by atomic mass is 10.0. The number of aromatic amines is 1. The molecule has 0 unspecified atom stereocenters. The zero-order chi connectivity index (χ0) is 18.1. The van der Waals surface area contributed by atoms with Crippen LogP contribution in [0.4, 0.5) is 0 Å². The van der Waals surface area contributed by atoms with Crippen LogP contribution in [0.25, 0.3) is 21.3 Å². The molecule has 0 bridgehead atoms. The maximum absolute atomic E-state index is 12.8. The molecule has 5 heteroatoms.